The van der Waals surface area contributed by atoms with E-state index in [0.717, 1.165) is 17.7 Å². The average molecular weight is 283 g/mol. The first-order valence-corrected chi connectivity index (χ1v) is 6.01. The van der Waals surface area contributed by atoms with Gasteiger partial charge < -0.3 is 5.32 Å². The van der Waals surface area contributed by atoms with E-state index in [1.165, 1.54) is 12.1 Å². The number of nitrogens with one attached hydrogen (secondary N) is 1. The van der Waals surface area contributed by atoms with Gasteiger partial charge in [-0.1, -0.05) is 6.07 Å². The van der Waals surface area contributed by atoms with Crippen molar-refractivity contribution in [3.8, 4) is 0 Å². The van der Waals surface area contributed by atoms with Crippen molar-refractivity contribution in [2.45, 2.75) is 13.0 Å². The first-order valence-electron chi connectivity index (χ1n) is 6.01. The Labute approximate surface area is 114 Å². The maximum absolute atomic E-state index is 13.3. The average Bonchev–Trinajstić information content (AvgIpc) is 2.40. The zero-order valence-corrected chi connectivity index (χ0v) is 11.0. The fourth-order valence-corrected chi connectivity index (χ4v) is 2.17. The molecule has 0 fully saturated rings. The van der Waals surface area contributed by atoms with Crippen molar-refractivity contribution in [1.82, 2.24) is 5.32 Å². The van der Waals surface area contributed by atoms with Crippen LogP contribution in [0.15, 0.2) is 30.3 Å². The Hall–Kier alpha value is -1.88. The van der Waals surface area contributed by atoms with Gasteiger partial charge in [-0.25, -0.2) is 17.6 Å². The minimum absolute atomic E-state index is 0.192. The highest BCUT2D eigenvalue weighted by molar-refractivity contribution is 5.37. The summed E-state index contributed by atoms with van der Waals surface area (Å²) in [6.07, 6.45) is 0. The van der Waals surface area contributed by atoms with Gasteiger partial charge in [0.1, 0.15) is 5.82 Å². The van der Waals surface area contributed by atoms with Crippen molar-refractivity contribution in [3.05, 3.63) is 70.3 Å². The number of aryl methyl sites for hydroxylation is 1. The van der Waals surface area contributed by atoms with Crippen molar-refractivity contribution in [1.29, 1.82) is 0 Å². The van der Waals surface area contributed by atoms with E-state index < -0.39 is 29.3 Å². The second kappa shape index (κ2) is 5.63. The summed E-state index contributed by atoms with van der Waals surface area (Å²) in [5.41, 5.74) is 1.49. The normalized spacial score (nSPS) is 12.5. The van der Waals surface area contributed by atoms with Crippen LogP contribution in [0.5, 0.6) is 0 Å². The van der Waals surface area contributed by atoms with Crippen molar-refractivity contribution >= 4 is 0 Å². The molecule has 0 aliphatic rings. The van der Waals surface area contributed by atoms with Crippen LogP contribution in [0.2, 0.25) is 0 Å². The van der Waals surface area contributed by atoms with E-state index in [-0.39, 0.29) is 5.56 Å². The van der Waals surface area contributed by atoms with Crippen LogP contribution in [0.25, 0.3) is 0 Å². The minimum atomic E-state index is -1.51. The number of hydrogen-bond acceptors (Lipinski definition) is 1. The number of benzene rings is 2. The van der Waals surface area contributed by atoms with Gasteiger partial charge in [0, 0.05) is 0 Å². The molecule has 2 aromatic carbocycles. The molecule has 0 heterocycles. The zero-order valence-electron chi connectivity index (χ0n) is 11.0. The molecule has 0 saturated carbocycles. The van der Waals surface area contributed by atoms with Crippen molar-refractivity contribution in [2.75, 3.05) is 7.05 Å². The van der Waals surface area contributed by atoms with Gasteiger partial charge in [0.2, 0.25) is 0 Å². The molecule has 0 bridgehead atoms. The molecule has 0 spiro atoms. The Morgan fingerprint density at radius 1 is 0.950 bits per heavy atom. The van der Waals surface area contributed by atoms with Crippen LogP contribution in [0.4, 0.5) is 17.6 Å². The molecule has 0 radical (unpaired) electrons. The topological polar surface area (TPSA) is 12.0 Å². The van der Waals surface area contributed by atoms with Gasteiger partial charge >= 0.3 is 0 Å². The van der Waals surface area contributed by atoms with Crippen LogP contribution in [0.1, 0.15) is 22.7 Å². The van der Waals surface area contributed by atoms with Gasteiger partial charge in [0.25, 0.3) is 0 Å². The lowest BCUT2D eigenvalue weighted by molar-refractivity contribution is 0.443. The molecule has 1 unspecified atom stereocenters. The molecule has 0 aliphatic carbocycles. The number of rotatable bonds is 3. The van der Waals surface area contributed by atoms with E-state index in [0.29, 0.717) is 5.56 Å². The van der Waals surface area contributed by atoms with Crippen molar-refractivity contribution in [2.24, 2.45) is 0 Å². The summed E-state index contributed by atoms with van der Waals surface area (Å²) in [6, 6.07) is 5.35. The van der Waals surface area contributed by atoms with Crippen LogP contribution in [-0.4, -0.2) is 7.05 Å². The van der Waals surface area contributed by atoms with E-state index in [1.54, 1.807) is 20.0 Å². The summed E-state index contributed by atoms with van der Waals surface area (Å²) in [4.78, 5) is 0. The third-order valence-corrected chi connectivity index (χ3v) is 3.18. The standard InChI is InChI=1S/C15H13F4N/c1-8-3-4-10(16)7-11(8)15(20-2)9-5-12(17)14(19)13(18)6-9/h3-7,15,20H,1-2H3. The molecule has 0 amide bonds. The van der Waals surface area contributed by atoms with Gasteiger partial charge in [-0.3, -0.25) is 0 Å². The van der Waals surface area contributed by atoms with E-state index >= 15 is 0 Å². The molecule has 1 nitrogen and oxygen atoms in total. The molecule has 1 atom stereocenters. The third-order valence-electron chi connectivity index (χ3n) is 3.18. The highest BCUT2D eigenvalue weighted by Gasteiger charge is 2.19. The first-order chi connectivity index (χ1) is 9.43. The fourth-order valence-electron chi connectivity index (χ4n) is 2.17. The Bertz CT molecular complexity index is 617. The minimum Gasteiger partial charge on any atom is -0.309 e. The lowest BCUT2D eigenvalue weighted by atomic mass is 9.94. The quantitative estimate of drug-likeness (QED) is 0.666. The van der Waals surface area contributed by atoms with E-state index in [2.05, 4.69) is 5.32 Å². The summed E-state index contributed by atoms with van der Waals surface area (Å²) in [6.45, 7) is 1.76. The SMILES string of the molecule is CNC(c1cc(F)c(F)c(F)c1)c1cc(F)ccc1C. The fraction of sp³-hybridized carbons (Fsp3) is 0.200. The molecule has 1 N–H and O–H groups in total. The Morgan fingerprint density at radius 2 is 1.55 bits per heavy atom. The first kappa shape index (κ1) is 14.5. The predicted octanol–water partition coefficient (Wildman–Crippen LogP) is 3.86. The van der Waals surface area contributed by atoms with Gasteiger partial charge in [-0.05, 0) is 54.9 Å². The predicted molar refractivity (Wildman–Crippen MR) is 68.4 cm³/mol. The van der Waals surface area contributed by atoms with Gasteiger partial charge in [0.15, 0.2) is 17.5 Å². The largest absolute Gasteiger partial charge is 0.309 e. The summed E-state index contributed by atoms with van der Waals surface area (Å²) in [7, 11) is 1.58. The summed E-state index contributed by atoms with van der Waals surface area (Å²) in [5.74, 6) is -4.50. The summed E-state index contributed by atoms with van der Waals surface area (Å²) >= 11 is 0. The molecule has 0 aliphatic heterocycles. The van der Waals surface area contributed by atoms with Gasteiger partial charge in [-0.2, -0.15) is 0 Å². The molecule has 2 rings (SSSR count). The van der Waals surface area contributed by atoms with E-state index in [9.17, 15) is 17.6 Å². The molecular formula is C15H13F4N. The molecule has 106 valence electrons. The van der Waals surface area contributed by atoms with E-state index in [4.69, 9.17) is 0 Å². The highest BCUT2D eigenvalue weighted by Crippen LogP contribution is 2.27. The molecule has 0 saturated heterocycles. The Balaban J connectivity index is 2.55. The molecule has 20 heavy (non-hydrogen) atoms. The number of halogens is 4. The second-order valence-corrected chi connectivity index (χ2v) is 4.52. The molecular weight excluding hydrogens is 270 g/mol. The third kappa shape index (κ3) is 2.67. The van der Waals surface area contributed by atoms with Crippen molar-refractivity contribution < 1.29 is 17.6 Å². The highest BCUT2D eigenvalue weighted by atomic mass is 19.2. The van der Waals surface area contributed by atoms with Gasteiger partial charge in [0.05, 0.1) is 6.04 Å². The Morgan fingerprint density at radius 3 is 2.10 bits per heavy atom. The second-order valence-electron chi connectivity index (χ2n) is 4.52. The smallest absolute Gasteiger partial charge is 0.194 e. The van der Waals surface area contributed by atoms with Crippen LogP contribution in [0, 0.1) is 30.2 Å². The van der Waals surface area contributed by atoms with Crippen LogP contribution >= 0.6 is 0 Å². The van der Waals surface area contributed by atoms with Crippen LogP contribution in [0.3, 0.4) is 0 Å². The lowest BCUT2D eigenvalue weighted by Gasteiger charge is -2.20. The number of hydrogen-bond donors (Lipinski definition) is 1. The maximum atomic E-state index is 13.3. The lowest BCUT2D eigenvalue weighted by Crippen LogP contribution is -2.19. The van der Waals surface area contributed by atoms with Crippen LogP contribution in [-0.2, 0) is 0 Å². The monoisotopic (exact) mass is 283 g/mol. The van der Waals surface area contributed by atoms with E-state index in [1.807, 2.05) is 0 Å². The molecule has 0 aromatic heterocycles. The zero-order chi connectivity index (χ0) is 14.9. The van der Waals surface area contributed by atoms with Gasteiger partial charge in [-0.15, -0.1) is 0 Å². The maximum Gasteiger partial charge on any atom is 0.194 e. The Kier molecular flexibility index (Phi) is 4.09. The molecule has 5 heteroatoms. The van der Waals surface area contributed by atoms with Crippen LogP contribution < -0.4 is 5.32 Å². The van der Waals surface area contributed by atoms with Crippen molar-refractivity contribution in [3.63, 3.8) is 0 Å². The molecule has 2 aromatic rings. The summed E-state index contributed by atoms with van der Waals surface area (Å²) in [5, 5.41) is 2.85. The summed E-state index contributed by atoms with van der Waals surface area (Å²) < 4.78 is 53.0.